The van der Waals surface area contributed by atoms with Gasteiger partial charge in [0.05, 0.1) is 11.8 Å². The zero-order valence-electron chi connectivity index (χ0n) is 12.0. The lowest BCUT2D eigenvalue weighted by atomic mass is 10.1. The molecule has 0 spiro atoms. The third kappa shape index (κ3) is 4.27. The number of hydrogen-bond donors (Lipinski definition) is 3. The molecule has 1 heterocycles. The van der Waals surface area contributed by atoms with Crippen LogP contribution in [-0.4, -0.2) is 34.9 Å². The quantitative estimate of drug-likeness (QED) is 0.534. The van der Waals surface area contributed by atoms with E-state index in [-0.39, 0.29) is 17.5 Å². The highest BCUT2D eigenvalue weighted by atomic mass is 16.2. The van der Waals surface area contributed by atoms with Crippen LogP contribution in [0.5, 0.6) is 0 Å². The van der Waals surface area contributed by atoms with Gasteiger partial charge in [-0.1, -0.05) is 12.1 Å². The minimum absolute atomic E-state index is 0.224. The summed E-state index contributed by atoms with van der Waals surface area (Å²) in [6.07, 6.45) is 4.96. The highest BCUT2D eigenvalue weighted by Crippen LogP contribution is 2.09. The van der Waals surface area contributed by atoms with Crippen molar-refractivity contribution in [2.24, 2.45) is 0 Å². The summed E-state index contributed by atoms with van der Waals surface area (Å²) in [6, 6.07) is 6.87. The normalized spacial score (nSPS) is 10.0. The third-order valence-corrected chi connectivity index (χ3v) is 2.93. The van der Waals surface area contributed by atoms with Gasteiger partial charge in [-0.05, 0) is 18.6 Å². The smallest absolute Gasteiger partial charge is 0.271 e. The molecule has 0 saturated heterocycles. The molecule has 2 aromatic rings. The Hall–Kier alpha value is -2.96. The summed E-state index contributed by atoms with van der Waals surface area (Å²) in [4.78, 5) is 31.3. The summed E-state index contributed by atoms with van der Waals surface area (Å²) in [7, 11) is 0. The zero-order valence-corrected chi connectivity index (χ0v) is 12.0. The van der Waals surface area contributed by atoms with E-state index in [0.29, 0.717) is 30.8 Å². The second-order valence-corrected chi connectivity index (χ2v) is 4.54. The predicted molar refractivity (Wildman–Crippen MR) is 82.2 cm³/mol. The van der Waals surface area contributed by atoms with Gasteiger partial charge in [-0.2, -0.15) is 0 Å². The van der Waals surface area contributed by atoms with Crippen molar-refractivity contribution < 1.29 is 9.59 Å². The maximum Gasteiger partial charge on any atom is 0.271 e. The summed E-state index contributed by atoms with van der Waals surface area (Å²) in [5.74, 6) is -0.509. The van der Waals surface area contributed by atoms with Crippen LogP contribution in [0.1, 0.15) is 27.3 Å². The number of benzene rings is 1. The molecule has 114 valence electrons. The van der Waals surface area contributed by atoms with Crippen LogP contribution in [0.15, 0.2) is 42.9 Å². The minimum atomic E-state index is -0.285. The number of carbonyl (C=O) groups excluding carboxylic acids is 2. The highest BCUT2D eigenvalue weighted by Gasteiger charge is 2.08. The maximum atomic E-state index is 11.9. The number of nitrogen functional groups attached to an aromatic ring is 1. The number of carbonyl (C=O) groups is 2. The topological polar surface area (TPSA) is 110 Å². The molecule has 2 rings (SSSR count). The lowest BCUT2D eigenvalue weighted by Crippen LogP contribution is -2.30. The molecule has 1 aromatic heterocycles. The van der Waals surface area contributed by atoms with E-state index < -0.39 is 0 Å². The Labute approximate surface area is 128 Å². The number of rotatable bonds is 6. The number of nitrogens with one attached hydrogen (secondary N) is 2. The summed E-state index contributed by atoms with van der Waals surface area (Å²) < 4.78 is 0. The standard InChI is InChI=1S/C15H17N5O2/c16-12-5-2-1-4-11(12)14(21)19-6-3-7-20-15(22)13-10-17-8-9-18-13/h1-2,4-5,8-10H,3,6-7,16H2,(H,19,21)(H,20,22). The van der Waals surface area contributed by atoms with Crippen molar-refractivity contribution in [1.82, 2.24) is 20.6 Å². The highest BCUT2D eigenvalue weighted by molar-refractivity contribution is 5.99. The summed E-state index contributed by atoms with van der Waals surface area (Å²) in [5.41, 5.74) is 6.88. The monoisotopic (exact) mass is 299 g/mol. The van der Waals surface area contributed by atoms with E-state index in [1.54, 1.807) is 24.3 Å². The van der Waals surface area contributed by atoms with Crippen LogP contribution in [0.3, 0.4) is 0 Å². The molecule has 7 nitrogen and oxygen atoms in total. The minimum Gasteiger partial charge on any atom is -0.398 e. The van der Waals surface area contributed by atoms with Crippen molar-refractivity contribution in [1.29, 1.82) is 0 Å². The van der Waals surface area contributed by atoms with Crippen LogP contribution >= 0.6 is 0 Å². The molecule has 0 aliphatic heterocycles. The first-order valence-electron chi connectivity index (χ1n) is 6.85. The Morgan fingerprint density at radius 2 is 1.77 bits per heavy atom. The van der Waals surface area contributed by atoms with E-state index in [9.17, 15) is 9.59 Å². The van der Waals surface area contributed by atoms with E-state index >= 15 is 0 Å². The molecular formula is C15H17N5O2. The van der Waals surface area contributed by atoms with E-state index in [1.165, 1.54) is 18.6 Å². The molecule has 2 amide bonds. The molecule has 0 saturated carbocycles. The molecular weight excluding hydrogens is 282 g/mol. The fourth-order valence-corrected chi connectivity index (χ4v) is 1.80. The zero-order chi connectivity index (χ0) is 15.8. The molecule has 1 aromatic carbocycles. The number of aromatic nitrogens is 2. The Kier molecular flexibility index (Phi) is 5.42. The third-order valence-electron chi connectivity index (χ3n) is 2.93. The Balaban J connectivity index is 1.69. The van der Waals surface area contributed by atoms with E-state index in [1.807, 2.05) is 0 Å². The fraction of sp³-hybridized carbons (Fsp3) is 0.200. The number of nitrogens with zero attached hydrogens (tertiary/aromatic N) is 2. The molecule has 0 bridgehead atoms. The van der Waals surface area contributed by atoms with Gasteiger partial charge in [0.25, 0.3) is 11.8 Å². The average Bonchev–Trinajstić information content (AvgIpc) is 2.55. The molecule has 22 heavy (non-hydrogen) atoms. The Morgan fingerprint density at radius 1 is 1.05 bits per heavy atom. The number of nitrogens with two attached hydrogens (primary N) is 1. The number of hydrogen-bond acceptors (Lipinski definition) is 5. The second-order valence-electron chi connectivity index (χ2n) is 4.54. The van der Waals surface area contributed by atoms with Crippen molar-refractivity contribution in [3.8, 4) is 0 Å². The number of anilines is 1. The van der Waals surface area contributed by atoms with Gasteiger partial charge in [-0.25, -0.2) is 4.98 Å². The predicted octanol–water partition coefficient (Wildman–Crippen LogP) is 0.609. The fourth-order valence-electron chi connectivity index (χ4n) is 1.80. The second kappa shape index (κ2) is 7.72. The number of para-hydroxylation sites is 1. The average molecular weight is 299 g/mol. The molecule has 0 aliphatic rings. The first-order valence-corrected chi connectivity index (χ1v) is 6.85. The molecule has 0 unspecified atom stereocenters. The lowest BCUT2D eigenvalue weighted by molar-refractivity contribution is 0.0947. The van der Waals surface area contributed by atoms with Crippen LogP contribution < -0.4 is 16.4 Å². The van der Waals surface area contributed by atoms with E-state index in [0.717, 1.165) is 0 Å². The van der Waals surface area contributed by atoms with Crippen molar-refractivity contribution in [2.45, 2.75) is 6.42 Å². The van der Waals surface area contributed by atoms with Crippen LogP contribution in [0.4, 0.5) is 5.69 Å². The first-order chi connectivity index (χ1) is 10.7. The van der Waals surface area contributed by atoms with Crippen LogP contribution in [0.2, 0.25) is 0 Å². The van der Waals surface area contributed by atoms with Gasteiger partial charge in [0, 0.05) is 31.2 Å². The van der Waals surface area contributed by atoms with Gasteiger partial charge < -0.3 is 16.4 Å². The van der Waals surface area contributed by atoms with Gasteiger partial charge in [0.1, 0.15) is 5.69 Å². The SMILES string of the molecule is Nc1ccccc1C(=O)NCCCNC(=O)c1cnccn1. The molecule has 0 radical (unpaired) electrons. The Bertz CT molecular complexity index is 645. The van der Waals surface area contributed by atoms with E-state index in [4.69, 9.17) is 5.73 Å². The molecule has 0 aliphatic carbocycles. The molecule has 7 heteroatoms. The van der Waals surface area contributed by atoms with Crippen LogP contribution in [0.25, 0.3) is 0 Å². The molecule has 0 fully saturated rings. The first kappa shape index (κ1) is 15.4. The summed E-state index contributed by atoms with van der Waals surface area (Å²) in [5, 5.41) is 5.46. The van der Waals surface area contributed by atoms with Crippen LogP contribution in [0, 0.1) is 0 Å². The van der Waals surface area contributed by atoms with Gasteiger partial charge in [-0.15, -0.1) is 0 Å². The number of amides is 2. The van der Waals surface area contributed by atoms with Gasteiger partial charge in [0.2, 0.25) is 0 Å². The Morgan fingerprint density at radius 3 is 2.45 bits per heavy atom. The lowest BCUT2D eigenvalue weighted by Gasteiger charge is -2.08. The largest absolute Gasteiger partial charge is 0.398 e. The maximum absolute atomic E-state index is 11.9. The summed E-state index contributed by atoms with van der Waals surface area (Å²) >= 11 is 0. The van der Waals surface area contributed by atoms with Crippen molar-refractivity contribution in [3.63, 3.8) is 0 Å². The van der Waals surface area contributed by atoms with Crippen molar-refractivity contribution in [2.75, 3.05) is 18.8 Å². The van der Waals surface area contributed by atoms with E-state index in [2.05, 4.69) is 20.6 Å². The summed E-state index contributed by atoms with van der Waals surface area (Å²) in [6.45, 7) is 0.869. The van der Waals surface area contributed by atoms with Gasteiger partial charge in [0.15, 0.2) is 0 Å². The van der Waals surface area contributed by atoms with Crippen LogP contribution in [-0.2, 0) is 0 Å². The molecule has 0 atom stereocenters. The van der Waals surface area contributed by atoms with Crippen molar-refractivity contribution >= 4 is 17.5 Å². The van der Waals surface area contributed by atoms with Crippen molar-refractivity contribution in [3.05, 3.63) is 54.1 Å². The van der Waals surface area contributed by atoms with Gasteiger partial charge in [-0.3, -0.25) is 14.6 Å². The molecule has 4 N–H and O–H groups in total. The van der Waals surface area contributed by atoms with Gasteiger partial charge >= 0.3 is 0 Å².